The molecule has 2 rings (SSSR count). The van der Waals surface area contributed by atoms with E-state index in [0.717, 1.165) is 10.6 Å². The molecule has 0 bridgehead atoms. The number of nitrogens with one attached hydrogen (secondary N) is 1. The van der Waals surface area contributed by atoms with Gasteiger partial charge in [0, 0.05) is 36.2 Å². The molecule has 0 radical (unpaired) electrons. The Kier molecular flexibility index (Phi) is 4.50. The first-order valence-corrected chi connectivity index (χ1v) is 10.4. The molecule has 2 N–H and O–H groups in total. The number of aliphatic hydroxyl groups excluding tert-OH is 1. The predicted octanol–water partition coefficient (Wildman–Crippen LogP) is -0.385. The van der Waals surface area contributed by atoms with Gasteiger partial charge in [-0.3, -0.25) is 0 Å². The first-order valence-electron chi connectivity index (χ1n) is 5.83. The van der Waals surface area contributed by atoms with Gasteiger partial charge in [0.25, 0.3) is 0 Å². The Hall–Kier alpha value is -0.550. The summed E-state index contributed by atoms with van der Waals surface area (Å²) in [6.07, 6.45) is 2.31. The maximum Gasteiger partial charge on any atom is 0.245 e. The minimum absolute atomic E-state index is 0.0258. The van der Waals surface area contributed by atoms with Crippen molar-refractivity contribution in [3.8, 4) is 0 Å². The molecular formula is C10H16N2O5S3. The fourth-order valence-corrected chi connectivity index (χ4v) is 7.16. The lowest BCUT2D eigenvalue weighted by atomic mass is 10.5. The van der Waals surface area contributed by atoms with Crippen molar-refractivity contribution in [1.29, 1.82) is 0 Å². The highest BCUT2D eigenvalue weighted by Gasteiger charge is 2.39. The summed E-state index contributed by atoms with van der Waals surface area (Å²) in [4.78, 5) is 2.62. The summed E-state index contributed by atoms with van der Waals surface area (Å²) < 4.78 is 49.6. The summed E-state index contributed by atoms with van der Waals surface area (Å²) in [5.74, 6) is 0.790. The monoisotopic (exact) mass is 340 g/mol. The summed E-state index contributed by atoms with van der Waals surface area (Å²) >= 11 is 1.42. The van der Waals surface area contributed by atoms with Crippen molar-refractivity contribution in [2.45, 2.75) is 16.9 Å². The van der Waals surface area contributed by atoms with Crippen LogP contribution in [0.2, 0.25) is 0 Å². The third kappa shape index (κ3) is 3.03. The standard InChI is InChI=1S/C10H16N2O5S3/c1-19(14,15)10-7-18-3-2-12(10)20(16,17)9-4-8(6-13)11-5-9/h4-5,10-11,13H,2-3,6-7H2,1H3. The van der Waals surface area contributed by atoms with Crippen LogP contribution in [0.15, 0.2) is 17.2 Å². The zero-order valence-corrected chi connectivity index (χ0v) is 13.3. The van der Waals surface area contributed by atoms with E-state index in [9.17, 15) is 16.8 Å². The maximum atomic E-state index is 12.5. The number of H-pyrrole nitrogens is 1. The van der Waals surface area contributed by atoms with Crippen LogP contribution in [0.5, 0.6) is 0 Å². The lowest BCUT2D eigenvalue weighted by molar-refractivity contribution is 0.277. The first kappa shape index (κ1) is 15.8. The molecule has 0 saturated carbocycles. The van der Waals surface area contributed by atoms with Crippen LogP contribution < -0.4 is 0 Å². The fourth-order valence-electron chi connectivity index (χ4n) is 1.97. The van der Waals surface area contributed by atoms with Crippen LogP contribution in [0.1, 0.15) is 5.69 Å². The van der Waals surface area contributed by atoms with Crippen LogP contribution >= 0.6 is 11.8 Å². The molecule has 0 aromatic carbocycles. The predicted molar refractivity (Wildman–Crippen MR) is 76.6 cm³/mol. The second-order valence-corrected chi connectivity index (χ2v) is 9.74. The largest absolute Gasteiger partial charge is 0.390 e. The van der Waals surface area contributed by atoms with Gasteiger partial charge in [0.05, 0.1) is 6.61 Å². The van der Waals surface area contributed by atoms with Crippen LogP contribution in [-0.2, 0) is 26.5 Å². The number of sulfonamides is 1. The van der Waals surface area contributed by atoms with E-state index >= 15 is 0 Å². The van der Waals surface area contributed by atoms with E-state index in [4.69, 9.17) is 5.11 Å². The highest BCUT2D eigenvalue weighted by Crippen LogP contribution is 2.27. The zero-order chi connectivity index (χ0) is 15.0. The van der Waals surface area contributed by atoms with Gasteiger partial charge in [-0.1, -0.05) is 0 Å². The van der Waals surface area contributed by atoms with Gasteiger partial charge in [-0.05, 0) is 6.07 Å². The molecule has 10 heteroatoms. The summed E-state index contributed by atoms with van der Waals surface area (Å²) in [6, 6.07) is 1.32. The zero-order valence-electron chi connectivity index (χ0n) is 10.8. The molecule has 0 amide bonds. The normalized spacial score (nSPS) is 22.0. The van der Waals surface area contributed by atoms with Crippen molar-refractivity contribution < 1.29 is 21.9 Å². The van der Waals surface area contributed by atoms with Crippen molar-refractivity contribution in [1.82, 2.24) is 9.29 Å². The number of hydrogen-bond donors (Lipinski definition) is 2. The van der Waals surface area contributed by atoms with Crippen molar-refractivity contribution >= 4 is 31.6 Å². The van der Waals surface area contributed by atoms with Crippen LogP contribution in [0.3, 0.4) is 0 Å². The molecule has 7 nitrogen and oxygen atoms in total. The first-order chi connectivity index (χ1) is 9.26. The number of sulfone groups is 1. The molecule has 1 unspecified atom stereocenters. The Morgan fingerprint density at radius 3 is 2.70 bits per heavy atom. The average Bonchev–Trinajstić information content (AvgIpc) is 2.87. The minimum Gasteiger partial charge on any atom is -0.390 e. The highest BCUT2D eigenvalue weighted by atomic mass is 32.2. The molecule has 20 heavy (non-hydrogen) atoms. The van der Waals surface area contributed by atoms with Gasteiger partial charge in [0.1, 0.15) is 10.3 Å². The SMILES string of the molecule is CS(=O)(=O)C1CSCCN1S(=O)(=O)c1c[nH]c(CO)c1. The van der Waals surface area contributed by atoms with Crippen LogP contribution in [0.4, 0.5) is 0 Å². The van der Waals surface area contributed by atoms with Gasteiger partial charge in [-0.15, -0.1) is 0 Å². The van der Waals surface area contributed by atoms with Gasteiger partial charge in [-0.2, -0.15) is 16.1 Å². The average molecular weight is 340 g/mol. The second-order valence-electron chi connectivity index (χ2n) is 4.49. The van der Waals surface area contributed by atoms with Crippen molar-refractivity contribution in [3.63, 3.8) is 0 Å². The quantitative estimate of drug-likeness (QED) is 0.773. The Balaban J connectivity index is 2.40. The molecule has 1 aliphatic rings. The summed E-state index contributed by atoms with van der Waals surface area (Å²) in [7, 11) is -7.38. The molecule has 2 heterocycles. The third-order valence-electron chi connectivity index (χ3n) is 3.03. The summed E-state index contributed by atoms with van der Waals surface area (Å²) in [5, 5.41) is 7.93. The lowest BCUT2D eigenvalue weighted by Crippen LogP contribution is -2.49. The number of aliphatic hydroxyl groups is 1. The number of nitrogens with zero attached hydrogens (tertiary/aromatic N) is 1. The van der Waals surface area contributed by atoms with E-state index in [1.165, 1.54) is 24.0 Å². The van der Waals surface area contributed by atoms with E-state index in [1.54, 1.807) is 0 Å². The van der Waals surface area contributed by atoms with Gasteiger partial charge in [0.15, 0.2) is 9.84 Å². The lowest BCUT2D eigenvalue weighted by Gasteiger charge is -2.32. The highest BCUT2D eigenvalue weighted by molar-refractivity contribution is 8.01. The summed E-state index contributed by atoms with van der Waals surface area (Å²) in [6.45, 7) is -0.148. The van der Waals surface area contributed by atoms with Gasteiger partial charge < -0.3 is 10.1 Å². The molecule has 0 aliphatic carbocycles. The Labute approximate surface area is 122 Å². The smallest absolute Gasteiger partial charge is 0.245 e. The van der Waals surface area contributed by atoms with E-state index < -0.39 is 25.2 Å². The minimum atomic E-state index is -3.89. The molecule has 1 aliphatic heterocycles. The number of thioether (sulfide) groups is 1. The molecule has 1 atom stereocenters. The van der Waals surface area contributed by atoms with Crippen LogP contribution in [0, 0.1) is 0 Å². The van der Waals surface area contributed by atoms with E-state index in [0.29, 0.717) is 11.4 Å². The Bertz CT molecular complexity index is 680. The molecule has 1 fully saturated rings. The van der Waals surface area contributed by atoms with Crippen molar-refractivity contribution in [3.05, 3.63) is 18.0 Å². The van der Waals surface area contributed by atoms with Gasteiger partial charge in [-0.25, -0.2) is 16.8 Å². The fraction of sp³-hybridized carbons (Fsp3) is 0.600. The van der Waals surface area contributed by atoms with Crippen LogP contribution in [0.25, 0.3) is 0 Å². The van der Waals surface area contributed by atoms with E-state index in [-0.39, 0.29) is 23.8 Å². The number of aromatic nitrogens is 1. The molecule has 0 spiro atoms. The third-order valence-corrected chi connectivity index (χ3v) is 7.69. The van der Waals surface area contributed by atoms with E-state index in [2.05, 4.69) is 4.98 Å². The topological polar surface area (TPSA) is 108 Å². The summed E-state index contributed by atoms with van der Waals surface area (Å²) in [5.41, 5.74) is 0.367. The molecule has 1 aromatic heterocycles. The van der Waals surface area contributed by atoms with Gasteiger partial charge in [0.2, 0.25) is 10.0 Å². The molecular weight excluding hydrogens is 324 g/mol. The Morgan fingerprint density at radius 1 is 1.45 bits per heavy atom. The van der Waals surface area contributed by atoms with Crippen molar-refractivity contribution in [2.75, 3.05) is 24.3 Å². The van der Waals surface area contributed by atoms with Gasteiger partial charge >= 0.3 is 0 Å². The second kappa shape index (κ2) is 5.68. The molecule has 114 valence electrons. The number of hydrogen-bond acceptors (Lipinski definition) is 6. The van der Waals surface area contributed by atoms with E-state index in [1.807, 2.05) is 0 Å². The number of aromatic amines is 1. The Morgan fingerprint density at radius 2 is 2.15 bits per heavy atom. The molecule has 1 aromatic rings. The van der Waals surface area contributed by atoms with Crippen molar-refractivity contribution in [2.24, 2.45) is 0 Å². The maximum absolute atomic E-state index is 12.5. The number of rotatable bonds is 4. The molecule has 1 saturated heterocycles. The van der Waals surface area contributed by atoms with Crippen LogP contribution in [-0.4, -0.2) is 60.9 Å².